The molecule has 0 spiro atoms. The van der Waals surface area contributed by atoms with Crippen molar-refractivity contribution < 1.29 is 23.1 Å². The molecule has 0 aromatic heterocycles. The molecule has 4 rings (SSSR count). The van der Waals surface area contributed by atoms with Gasteiger partial charge in [-0.3, -0.25) is 9.59 Å². The van der Waals surface area contributed by atoms with Crippen molar-refractivity contribution in [3.8, 4) is 0 Å². The van der Waals surface area contributed by atoms with E-state index in [9.17, 15) is 18.4 Å². The number of esters is 1. The fourth-order valence-corrected chi connectivity index (χ4v) is 6.51. The van der Waals surface area contributed by atoms with Crippen LogP contribution in [0.25, 0.3) is 0 Å². The number of allylic oxidation sites excluding steroid dienone is 5. The molecule has 0 radical (unpaired) electrons. The van der Waals surface area contributed by atoms with Gasteiger partial charge in [-0.25, -0.2) is 8.78 Å². The van der Waals surface area contributed by atoms with Crippen LogP contribution in [0, 0.1) is 28.6 Å². The van der Waals surface area contributed by atoms with Crippen molar-refractivity contribution >= 4 is 11.8 Å². The number of carbonyl (C=O) groups is 2. The molecule has 0 aromatic carbocycles. The number of rotatable bonds is 1. The zero-order valence-electron chi connectivity index (χ0n) is 16.6. The Bertz CT molecular complexity index is 865. The van der Waals surface area contributed by atoms with Crippen LogP contribution in [0.3, 0.4) is 0 Å². The van der Waals surface area contributed by atoms with Gasteiger partial charge in [0.2, 0.25) is 5.78 Å². The summed E-state index contributed by atoms with van der Waals surface area (Å²) in [7, 11) is 0. The van der Waals surface area contributed by atoms with Crippen LogP contribution < -0.4 is 0 Å². The van der Waals surface area contributed by atoms with Crippen LogP contribution >= 0.6 is 0 Å². The minimum Gasteiger partial charge on any atom is -0.423 e. The van der Waals surface area contributed by atoms with Gasteiger partial charge in [-0.05, 0) is 72.2 Å². The third kappa shape index (κ3) is 2.58. The van der Waals surface area contributed by atoms with Crippen molar-refractivity contribution in [1.82, 2.24) is 0 Å². The minimum absolute atomic E-state index is 0.0110. The lowest BCUT2D eigenvalue weighted by atomic mass is 9.46. The van der Waals surface area contributed by atoms with E-state index in [1.807, 2.05) is 6.92 Å². The first-order chi connectivity index (χ1) is 13.2. The quantitative estimate of drug-likeness (QED) is 0.557. The molecular formula is C23H26F2O3. The third-order valence-electron chi connectivity index (χ3n) is 7.79. The molecular weight excluding hydrogens is 362 g/mol. The molecule has 5 heteroatoms. The Morgan fingerprint density at radius 1 is 1.18 bits per heavy atom. The van der Waals surface area contributed by atoms with Crippen LogP contribution in [0.15, 0.2) is 47.3 Å². The number of ether oxygens (including phenoxy) is 1. The second kappa shape index (κ2) is 6.50. The van der Waals surface area contributed by atoms with E-state index in [0.29, 0.717) is 23.8 Å². The monoisotopic (exact) mass is 388 g/mol. The summed E-state index contributed by atoms with van der Waals surface area (Å²) in [6.45, 7) is 5.48. The maximum absolute atomic E-state index is 14.1. The summed E-state index contributed by atoms with van der Waals surface area (Å²) in [5.41, 5.74) is 0.502. The second-order valence-electron chi connectivity index (χ2n) is 9.22. The molecule has 0 bridgehead atoms. The Kier molecular flexibility index (Phi) is 4.48. The number of ketones is 1. The normalized spacial score (nSPS) is 42.5. The number of hydrogen-bond acceptors (Lipinski definition) is 3. The fraction of sp³-hybridized carbons (Fsp3) is 0.565. The van der Waals surface area contributed by atoms with Gasteiger partial charge < -0.3 is 4.74 Å². The maximum atomic E-state index is 14.1. The predicted molar refractivity (Wildman–Crippen MR) is 101 cm³/mol. The molecule has 0 unspecified atom stereocenters. The molecule has 0 saturated heterocycles. The Balaban J connectivity index is 1.88. The van der Waals surface area contributed by atoms with Gasteiger partial charge in [0.1, 0.15) is 0 Å². The first-order valence-electron chi connectivity index (χ1n) is 10.0. The summed E-state index contributed by atoms with van der Waals surface area (Å²) >= 11 is 0. The second-order valence-corrected chi connectivity index (χ2v) is 9.22. The predicted octanol–water partition coefficient (Wildman–Crippen LogP) is 5.50. The highest BCUT2D eigenvalue weighted by Crippen LogP contribution is 2.67. The average Bonchev–Trinajstić information content (AvgIpc) is 3.03. The van der Waals surface area contributed by atoms with E-state index in [-0.39, 0.29) is 34.5 Å². The van der Waals surface area contributed by atoms with Crippen molar-refractivity contribution in [3.63, 3.8) is 0 Å². The van der Waals surface area contributed by atoms with Crippen molar-refractivity contribution in [2.45, 2.75) is 52.9 Å². The molecule has 0 aliphatic heterocycles. The van der Waals surface area contributed by atoms with Gasteiger partial charge in [0.15, 0.2) is 5.76 Å². The van der Waals surface area contributed by atoms with E-state index in [0.717, 1.165) is 32.1 Å². The molecule has 28 heavy (non-hydrogen) atoms. The van der Waals surface area contributed by atoms with E-state index in [4.69, 9.17) is 4.74 Å². The van der Waals surface area contributed by atoms with Gasteiger partial charge in [-0.15, -0.1) is 0 Å². The standard InChI is InChI=1S/C23H26F2O3/c1-13(26)28-20-10-23(3)17-6-8-22(2)7-4-5-16(22)21(17)15(12-25)14(11-24)18(23)9-19(20)27/h9-12,16-17,21H,4-8H2,1-3H3/t16-,17-,21-,22-,23+/m0/s1. The van der Waals surface area contributed by atoms with E-state index >= 15 is 0 Å². The van der Waals surface area contributed by atoms with Gasteiger partial charge in [-0.1, -0.05) is 20.3 Å². The van der Waals surface area contributed by atoms with Crippen LogP contribution in [0.4, 0.5) is 8.78 Å². The number of hydrogen-bond donors (Lipinski definition) is 0. The van der Waals surface area contributed by atoms with Gasteiger partial charge in [0.25, 0.3) is 0 Å². The lowest BCUT2D eigenvalue weighted by Gasteiger charge is -2.57. The van der Waals surface area contributed by atoms with E-state index in [1.54, 1.807) is 6.08 Å². The molecule has 0 amide bonds. The van der Waals surface area contributed by atoms with Gasteiger partial charge >= 0.3 is 5.97 Å². The molecule has 0 aromatic rings. The zero-order valence-corrected chi connectivity index (χ0v) is 16.6. The Morgan fingerprint density at radius 2 is 1.93 bits per heavy atom. The highest BCUT2D eigenvalue weighted by atomic mass is 19.1. The van der Waals surface area contributed by atoms with E-state index in [2.05, 4.69) is 6.92 Å². The van der Waals surface area contributed by atoms with Crippen molar-refractivity contribution in [2.24, 2.45) is 28.6 Å². The molecule has 4 aliphatic rings. The number of fused-ring (bicyclic) bond motifs is 5. The SMILES string of the molecule is CC(=O)OC1=C[C@@]2(C)C(=CC1=O)C(=CF)C(=CF)[C@H]1[C@@H]3CCC[C@@]3(C)CC[C@@H]12. The lowest BCUT2D eigenvalue weighted by molar-refractivity contribution is -0.139. The highest BCUT2D eigenvalue weighted by molar-refractivity contribution is 6.06. The smallest absolute Gasteiger partial charge is 0.308 e. The summed E-state index contributed by atoms with van der Waals surface area (Å²) in [5.74, 6) is -0.865. The Morgan fingerprint density at radius 3 is 2.57 bits per heavy atom. The maximum Gasteiger partial charge on any atom is 0.308 e. The van der Waals surface area contributed by atoms with Gasteiger partial charge in [0, 0.05) is 17.9 Å². The topological polar surface area (TPSA) is 43.4 Å². The molecule has 3 fully saturated rings. The van der Waals surface area contributed by atoms with Crippen LogP contribution in [-0.2, 0) is 14.3 Å². The summed E-state index contributed by atoms with van der Waals surface area (Å²) in [5, 5.41) is 0. The lowest BCUT2D eigenvalue weighted by Crippen LogP contribution is -2.50. The highest BCUT2D eigenvalue weighted by Gasteiger charge is 2.59. The van der Waals surface area contributed by atoms with Crippen LogP contribution in [0.1, 0.15) is 52.9 Å². The fourth-order valence-electron chi connectivity index (χ4n) is 6.51. The van der Waals surface area contributed by atoms with E-state index < -0.39 is 17.2 Å². The first-order valence-corrected chi connectivity index (χ1v) is 10.0. The van der Waals surface area contributed by atoms with Crippen LogP contribution in [0.2, 0.25) is 0 Å². The zero-order chi connectivity index (χ0) is 20.3. The summed E-state index contributed by atoms with van der Waals surface area (Å²) in [4.78, 5) is 23.9. The first kappa shape index (κ1) is 19.3. The van der Waals surface area contributed by atoms with Crippen LogP contribution in [-0.4, -0.2) is 11.8 Å². The molecule has 0 N–H and O–H groups in total. The van der Waals surface area contributed by atoms with Gasteiger partial charge in [-0.2, -0.15) is 0 Å². The molecule has 3 saturated carbocycles. The minimum atomic E-state index is -0.683. The van der Waals surface area contributed by atoms with Crippen molar-refractivity contribution in [2.75, 3.05) is 0 Å². The Hall–Kier alpha value is -2.04. The number of halogens is 2. The largest absolute Gasteiger partial charge is 0.423 e. The third-order valence-corrected chi connectivity index (χ3v) is 7.79. The molecule has 5 atom stereocenters. The number of carbonyl (C=O) groups excluding carboxylic acids is 2. The summed E-state index contributed by atoms with van der Waals surface area (Å²) < 4.78 is 33.3. The Labute approximate surface area is 164 Å². The summed E-state index contributed by atoms with van der Waals surface area (Å²) in [6.07, 6.45) is 9.09. The van der Waals surface area contributed by atoms with Crippen LogP contribution in [0.5, 0.6) is 0 Å². The molecule has 150 valence electrons. The average molecular weight is 388 g/mol. The van der Waals surface area contributed by atoms with Crippen molar-refractivity contribution in [1.29, 1.82) is 0 Å². The van der Waals surface area contributed by atoms with Gasteiger partial charge in [0.05, 0.1) is 12.7 Å². The van der Waals surface area contributed by atoms with Crippen molar-refractivity contribution in [3.05, 3.63) is 47.3 Å². The summed E-state index contributed by atoms with van der Waals surface area (Å²) in [6, 6.07) is 0. The van der Waals surface area contributed by atoms with E-state index in [1.165, 1.54) is 13.0 Å². The molecule has 3 nitrogen and oxygen atoms in total. The molecule has 4 aliphatic carbocycles. The molecule has 0 heterocycles.